The van der Waals surface area contributed by atoms with E-state index >= 15 is 0 Å². The Balaban J connectivity index is 1.03. The Hall–Kier alpha value is -5.25. The number of nitrogens with one attached hydrogen (secondary N) is 2. The third-order valence-electron chi connectivity index (χ3n) is 11.2. The topological polar surface area (TPSA) is 137 Å². The molecule has 1 aliphatic heterocycles. The van der Waals surface area contributed by atoms with Crippen molar-refractivity contribution in [2.45, 2.75) is 68.6 Å². The first-order chi connectivity index (χ1) is 29.8. The average Bonchev–Trinajstić information content (AvgIpc) is 3.26. The Morgan fingerprint density at radius 1 is 0.855 bits per heavy atom. The van der Waals surface area contributed by atoms with Gasteiger partial charge in [-0.2, -0.15) is 0 Å². The second kappa shape index (κ2) is 20.3. The van der Waals surface area contributed by atoms with Crippen LogP contribution in [-0.2, 0) is 16.6 Å². The molecule has 1 saturated heterocycles. The summed E-state index contributed by atoms with van der Waals surface area (Å²) in [5.41, 5.74) is 5.09. The standard InChI is InChI=1S/C47H53ClN8O4S2/c1-33(2)55(34(3)4)23-22-38(31-61-40-11-6-5-7-12-40)51-44-21-19-41(29-46(44)56(57)58)62(59,60)52-47-43-20-18-39(28-45(43)49-32-50-47)54-26-24-53(25-27-54)30-36-10-8-9-13-42(36)35-14-16-37(48)17-15-35/h5-21,28-29,32-34,38,51H,22-27,30-31H2,1-4H3,(H,49,50,52). The smallest absolute Gasteiger partial charge is 0.293 e. The number of halogens is 1. The lowest BCUT2D eigenvalue weighted by Crippen LogP contribution is -2.46. The minimum atomic E-state index is -4.28. The van der Waals surface area contributed by atoms with Crippen LogP contribution in [0.25, 0.3) is 22.0 Å². The highest BCUT2D eigenvalue weighted by Crippen LogP contribution is 2.33. The molecule has 6 aromatic rings. The number of rotatable bonds is 18. The maximum atomic E-state index is 13.9. The monoisotopic (exact) mass is 892 g/mol. The predicted octanol–water partition coefficient (Wildman–Crippen LogP) is 10.1. The Morgan fingerprint density at radius 2 is 1.56 bits per heavy atom. The highest BCUT2D eigenvalue weighted by molar-refractivity contribution is 7.99. The summed E-state index contributed by atoms with van der Waals surface area (Å²) in [4.78, 5) is 28.7. The fraction of sp³-hybridized carbons (Fsp3) is 0.319. The highest BCUT2D eigenvalue weighted by Gasteiger charge is 2.26. The van der Waals surface area contributed by atoms with Gasteiger partial charge in [0.05, 0.1) is 15.3 Å². The van der Waals surface area contributed by atoms with Crippen molar-refractivity contribution < 1.29 is 13.3 Å². The van der Waals surface area contributed by atoms with Crippen molar-refractivity contribution in [1.82, 2.24) is 19.8 Å². The number of benzene rings is 5. The molecule has 12 nitrogen and oxygen atoms in total. The van der Waals surface area contributed by atoms with E-state index in [4.69, 9.17) is 11.6 Å². The molecule has 0 spiro atoms. The van der Waals surface area contributed by atoms with E-state index in [1.54, 1.807) is 11.8 Å². The van der Waals surface area contributed by atoms with Crippen molar-refractivity contribution in [1.29, 1.82) is 0 Å². The summed E-state index contributed by atoms with van der Waals surface area (Å²) in [6, 6.07) is 36.7. The van der Waals surface area contributed by atoms with Crippen LogP contribution in [0.4, 0.5) is 22.9 Å². The van der Waals surface area contributed by atoms with Gasteiger partial charge in [0, 0.05) is 90.2 Å². The summed E-state index contributed by atoms with van der Waals surface area (Å²) in [6.45, 7) is 13.6. The first-order valence-electron chi connectivity index (χ1n) is 20.9. The number of fused-ring (bicyclic) bond motifs is 1. The Labute approximate surface area is 373 Å². The number of hydrogen-bond donors (Lipinski definition) is 2. The molecule has 0 bridgehead atoms. The van der Waals surface area contributed by atoms with E-state index in [0.717, 1.165) is 67.9 Å². The van der Waals surface area contributed by atoms with Crippen LogP contribution in [0, 0.1) is 10.1 Å². The number of thioether (sulfide) groups is 1. The number of aromatic nitrogens is 2. The number of nitrogens with zero attached hydrogens (tertiary/aromatic N) is 6. The molecule has 1 fully saturated rings. The maximum Gasteiger partial charge on any atom is 0.293 e. The molecule has 2 heterocycles. The van der Waals surface area contributed by atoms with Gasteiger partial charge in [0.15, 0.2) is 5.82 Å². The van der Waals surface area contributed by atoms with Crippen LogP contribution in [-0.4, -0.2) is 89.7 Å². The van der Waals surface area contributed by atoms with Gasteiger partial charge in [-0.3, -0.25) is 24.6 Å². The van der Waals surface area contributed by atoms with Gasteiger partial charge in [-0.25, -0.2) is 18.4 Å². The van der Waals surface area contributed by atoms with Gasteiger partial charge in [0.25, 0.3) is 15.7 Å². The van der Waals surface area contributed by atoms with Gasteiger partial charge < -0.3 is 10.2 Å². The SMILES string of the molecule is CC(C)N(CCC(CSc1ccccc1)Nc1ccc(S(=O)(=O)Nc2ncnc3cc(N4CCN(Cc5ccccc5-c5ccc(Cl)cc5)CC4)ccc23)cc1[N+](=O)[O-])C(C)C. The highest BCUT2D eigenvalue weighted by atomic mass is 35.5. The normalized spacial score (nSPS) is 14.2. The maximum absolute atomic E-state index is 13.9. The molecule has 0 saturated carbocycles. The summed E-state index contributed by atoms with van der Waals surface area (Å²) in [5, 5.41) is 17.1. The number of piperazine rings is 1. The molecule has 5 aromatic carbocycles. The molecule has 0 radical (unpaired) electrons. The van der Waals surface area contributed by atoms with Crippen molar-refractivity contribution in [2.75, 3.05) is 53.4 Å². The lowest BCUT2D eigenvalue weighted by atomic mass is 9.99. The van der Waals surface area contributed by atoms with Crippen LogP contribution in [0.15, 0.2) is 131 Å². The molecule has 7 rings (SSSR count). The van der Waals surface area contributed by atoms with E-state index < -0.39 is 14.9 Å². The lowest BCUT2D eigenvalue weighted by molar-refractivity contribution is -0.384. The fourth-order valence-corrected chi connectivity index (χ4v) is 10.2. The minimum absolute atomic E-state index is 0.0911. The van der Waals surface area contributed by atoms with Crippen LogP contribution in [0.3, 0.4) is 0 Å². The van der Waals surface area contributed by atoms with Gasteiger partial charge in [-0.05, 0) is 105 Å². The summed E-state index contributed by atoms with van der Waals surface area (Å²) in [6.07, 6.45) is 2.05. The third-order valence-corrected chi connectivity index (χ3v) is 14.0. The van der Waals surface area contributed by atoms with E-state index in [-0.39, 0.29) is 28.1 Å². The van der Waals surface area contributed by atoms with E-state index in [2.05, 4.69) is 98.8 Å². The Morgan fingerprint density at radius 3 is 2.27 bits per heavy atom. The average molecular weight is 894 g/mol. The van der Waals surface area contributed by atoms with Crippen LogP contribution < -0.4 is 14.9 Å². The Bertz CT molecular complexity index is 2570. The van der Waals surface area contributed by atoms with Crippen molar-refractivity contribution in [3.05, 3.63) is 142 Å². The summed E-state index contributed by atoms with van der Waals surface area (Å²) in [5.74, 6) is 0.750. The molecular weight excluding hydrogens is 840 g/mol. The predicted molar refractivity (Wildman–Crippen MR) is 254 cm³/mol. The molecule has 1 unspecified atom stereocenters. The molecule has 0 aliphatic carbocycles. The van der Waals surface area contributed by atoms with Crippen molar-refractivity contribution in [3.8, 4) is 11.1 Å². The lowest BCUT2D eigenvalue weighted by Gasteiger charge is -2.36. The van der Waals surface area contributed by atoms with Crippen molar-refractivity contribution in [2.24, 2.45) is 0 Å². The quantitative estimate of drug-likeness (QED) is 0.0485. The summed E-state index contributed by atoms with van der Waals surface area (Å²) >= 11 is 7.82. The fourth-order valence-electron chi connectivity index (χ4n) is 7.98. The van der Waals surface area contributed by atoms with E-state index in [9.17, 15) is 18.5 Å². The van der Waals surface area contributed by atoms with Crippen molar-refractivity contribution in [3.63, 3.8) is 0 Å². The molecule has 1 aromatic heterocycles. The van der Waals surface area contributed by atoms with Gasteiger partial charge >= 0.3 is 0 Å². The minimum Gasteiger partial charge on any atom is -0.376 e. The number of anilines is 3. The zero-order valence-electron chi connectivity index (χ0n) is 35.4. The van der Waals surface area contributed by atoms with E-state index in [1.807, 2.05) is 60.7 Å². The van der Waals surface area contributed by atoms with Crippen LogP contribution in [0.1, 0.15) is 39.7 Å². The molecule has 1 aliphatic rings. The molecule has 324 valence electrons. The van der Waals surface area contributed by atoms with Crippen molar-refractivity contribution >= 4 is 67.2 Å². The molecule has 0 amide bonds. The molecular formula is C47H53ClN8O4S2. The van der Waals surface area contributed by atoms with E-state index in [0.29, 0.717) is 33.8 Å². The van der Waals surface area contributed by atoms with Gasteiger partial charge in [0.1, 0.15) is 12.0 Å². The first kappa shape index (κ1) is 44.8. The summed E-state index contributed by atoms with van der Waals surface area (Å²) in [7, 11) is -4.28. The molecule has 15 heteroatoms. The zero-order valence-corrected chi connectivity index (χ0v) is 37.8. The second-order valence-corrected chi connectivity index (χ2v) is 19.3. The number of nitro benzene ring substituents is 1. The van der Waals surface area contributed by atoms with E-state index in [1.165, 1.54) is 29.6 Å². The van der Waals surface area contributed by atoms with Gasteiger partial charge in [-0.1, -0.05) is 66.2 Å². The largest absolute Gasteiger partial charge is 0.376 e. The number of hydrogen-bond acceptors (Lipinski definition) is 11. The Kier molecular flexibility index (Phi) is 14.7. The van der Waals surface area contributed by atoms with Gasteiger partial charge in [-0.15, -0.1) is 11.8 Å². The zero-order chi connectivity index (χ0) is 43.8. The van der Waals surface area contributed by atoms with Crippen LogP contribution >= 0.6 is 23.4 Å². The second-order valence-electron chi connectivity index (χ2n) is 16.1. The summed E-state index contributed by atoms with van der Waals surface area (Å²) < 4.78 is 30.3. The van der Waals surface area contributed by atoms with Gasteiger partial charge in [0.2, 0.25) is 0 Å². The molecule has 2 N–H and O–H groups in total. The molecule has 62 heavy (non-hydrogen) atoms. The third kappa shape index (κ3) is 11.2. The molecule has 1 atom stereocenters. The van der Waals surface area contributed by atoms with Crippen LogP contribution in [0.2, 0.25) is 5.02 Å². The first-order valence-corrected chi connectivity index (χ1v) is 23.8. The van der Waals surface area contributed by atoms with Crippen LogP contribution in [0.5, 0.6) is 0 Å². The number of sulfonamides is 1. The number of nitro groups is 1.